The Hall–Kier alpha value is -1.88. The molecule has 0 aliphatic carbocycles. The fraction of sp³-hybridized carbons (Fsp3) is 0.636. The first-order chi connectivity index (χ1) is 12.7. The molecule has 0 saturated carbocycles. The largest absolute Gasteiger partial charge is 0.344 e. The predicted octanol–water partition coefficient (Wildman–Crippen LogP) is 2.82. The van der Waals surface area contributed by atoms with Gasteiger partial charge in [-0.05, 0) is 29.4 Å². The van der Waals surface area contributed by atoms with Crippen LogP contribution in [0.25, 0.3) is 0 Å². The summed E-state index contributed by atoms with van der Waals surface area (Å²) in [4.78, 5) is 29.6. The molecule has 1 aliphatic heterocycles. The highest BCUT2D eigenvalue weighted by Gasteiger charge is 2.36. The maximum atomic E-state index is 13.2. The maximum Gasteiger partial charge on any atom is 0.245 e. The summed E-state index contributed by atoms with van der Waals surface area (Å²) in [7, 11) is 1.82. The van der Waals surface area contributed by atoms with Crippen LogP contribution in [0, 0.1) is 11.8 Å². The zero-order valence-corrected chi connectivity index (χ0v) is 17.4. The Morgan fingerprint density at radius 2 is 1.81 bits per heavy atom. The summed E-state index contributed by atoms with van der Waals surface area (Å²) in [6, 6.07) is 7.76. The van der Waals surface area contributed by atoms with Crippen molar-refractivity contribution in [2.24, 2.45) is 17.6 Å². The van der Waals surface area contributed by atoms with Gasteiger partial charge >= 0.3 is 0 Å². The molecule has 2 rings (SSSR count). The highest BCUT2D eigenvalue weighted by molar-refractivity contribution is 5.88. The molecule has 2 atom stereocenters. The summed E-state index contributed by atoms with van der Waals surface area (Å²) in [5.74, 6) is 0.731. The van der Waals surface area contributed by atoms with E-state index in [4.69, 9.17) is 5.73 Å². The molecule has 0 saturated heterocycles. The van der Waals surface area contributed by atoms with Crippen molar-refractivity contribution < 1.29 is 9.59 Å². The lowest BCUT2D eigenvalue weighted by atomic mass is 9.92. The van der Waals surface area contributed by atoms with E-state index < -0.39 is 6.04 Å². The molecule has 150 valence electrons. The van der Waals surface area contributed by atoms with Gasteiger partial charge in [-0.2, -0.15) is 0 Å². The minimum Gasteiger partial charge on any atom is -0.344 e. The maximum absolute atomic E-state index is 13.2. The van der Waals surface area contributed by atoms with E-state index in [2.05, 4.69) is 26.0 Å². The monoisotopic (exact) mass is 373 g/mol. The first-order valence-electron chi connectivity index (χ1n) is 10.1. The third-order valence-electron chi connectivity index (χ3n) is 5.47. The van der Waals surface area contributed by atoms with E-state index >= 15 is 0 Å². The third-order valence-corrected chi connectivity index (χ3v) is 5.47. The summed E-state index contributed by atoms with van der Waals surface area (Å²) < 4.78 is 0. The molecule has 2 N–H and O–H groups in total. The van der Waals surface area contributed by atoms with Gasteiger partial charge in [0.15, 0.2) is 0 Å². The molecule has 0 bridgehead atoms. The Kier molecular flexibility index (Phi) is 7.42. The number of hydrogen-bond acceptors (Lipinski definition) is 3. The first kappa shape index (κ1) is 21.4. The average molecular weight is 374 g/mol. The minimum atomic E-state index is -0.425. The number of nitrogens with two attached hydrogens (primary N) is 1. The molecule has 2 unspecified atom stereocenters. The Balaban J connectivity index is 2.16. The summed E-state index contributed by atoms with van der Waals surface area (Å²) >= 11 is 0. The number of carbonyl (C=O) groups is 2. The third kappa shape index (κ3) is 5.55. The van der Waals surface area contributed by atoms with E-state index in [0.717, 1.165) is 17.5 Å². The van der Waals surface area contributed by atoms with Crippen molar-refractivity contribution in [3.05, 3.63) is 35.4 Å². The molecule has 1 aliphatic rings. The van der Waals surface area contributed by atoms with E-state index in [1.165, 1.54) is 0 Å². The molecule has 0 fully saturated rings. The zero-order valence-electron chi connectivity index (χ0n) is 17.4. The van der Waals surface area contributed by atoms with E-state index in [1.807, 2.05) is 33.0 Å². The lowest BCUT2D eigenvalue weighted by Gasteiger charge is -2.38. The summed E-state index contributed by atoms with van der Waals surface area (Å²) in [5.41, 5.74) is 8.44. The number of benzene rings is 1. The lowest BCUT2D eigenvalue weighted by molar-refractivity contribution is -0.146. The molecule has 1 aromatic rings. The van der Waals surface area contributed by atoms with Gasteiger partial charge in [-0.3, -0.25) is 9.59 Å². The number of fused-ring (bicyclic) bond motifs is 1. The molecule has 5 nitrogen and oxygen atoms in total. The van der Waals surface area contributed by atoms with Crippen molar-refractivity contribution in [2.75, 3.05) is 13.6 Å². The van der Waals surface area contributed by atoms with Gasteiger partial charge in [0.25, 0.3) is 0 Å². The molecule has 0 aromatic heterocycles. The van der Waals surface area contributed by atoms with Crippen LogP contribution < -0.4 is 5.73 Å². The quantitative estimate of drug-likeness (QED) is 0.799. The van der Waals surface area contributed by atoms with Gasteiger partial charge in [0.05, 0.1) is 0 Å². The Bertz CT molecular complexity index is 657. The molecule has 0 radical (unpaired) electrons. The van der Waals surface area contributed by atoms with Crippen LogP contribution in [0.3, 0.4) is 0 Å². The van der Waals surface area contributed by atoms with E-state index in [1.54, 1.807) is 9.80 Å². The van der Waals surface area contributed by atoms with Gasteiger partial charge < -0.3 is 15.5 Å². The molecular formula is C22H35N3O2. The van der Waals surface area contributed by atoms with Gasteiger partial charge in [0.2, 0.25) is 11.8 Å². The summed E-state index contributed by atoms with van der Waals surface area (Å²) in [6.45, 7) is 9.38. The van der Waals surface area contributed by atoms with Crippen LogP contribution in [0.5, 0.6) is 0 Å². The van der Waals surface area contributed by atoms with Gasteiger partial charge in [-0.1, -0.05) is 52.0 Å². The number of amides is 2. The number of nitrogens with zero attached hydrogens (tertiary/aromatic N) is 2. The second-order valence-corrected chi connectivity index (χ2v) is 8.56. The van der Waals surface area contributed by atoms with Gasteiger partial charge in [-0.15, -0.1) is 0 Å². The molecule has 0 spiro atoms. The van der Waals surface area contributed by atoms with Crippen molar-refractivity contribution >= 4 is 11.8 Å². The fourth-order valence-corrected chi connectivity index (χ4v) is 3.51. The number of likely N-dealkylation sites (N-methyl/N-ethyl adjacent to an activating group) is 1. The van der Waals surface area contributed by atoms with Crippen LogP contribution in [0.1, 0.15) is 51.7 Å². The molecule has 1 aromatic carbocycles. The van der Waals surface area contributed by atoms with Crippen LogP contribution >= 0.6 is 0 Å². The van der Waals surface area contributed by atoms with Crippen molar-refractivity contribution in [1.29, 1.82) is 0 Å². The van der Waals surface area contributed by atoms with Crippen LogP contribution in [0.15, 0.2) is 24.3 Å². The van der Waals surface area contributed by atoms with E-state index in [-0.39, 0.29) is 23.8 Å². The van der Waals surface area contributed by atoms with Crippen molar-refractivity contribution in [1.82, 2.24) is 9.80 Å². The zero-order chi connectivity index (χ0) is 20.1. The topological polar surface area (TPSA) is 66.6 Å². The van der Waals surface area contributed by atoms with Gasteiger partial charge in [-0.25, -0.2) is 0 Å². The Labute approximate surface area is 163 Å². The highest BCUT2D eigenvalue weighted by Crippen LogP contribution is 2.26. The second kappa shape index (κ2) is 9.36. The Morgan fingerprint density at radius 1 is 1.19 bits per heavy atom. The van der Waals surface area contributed by atoms with Crippen LogP contribution in [-0.4, -0.2) is 47.3 Å². The van der Waals surface area contributed by atoms with Gasteiger partial charge in [0.1, 0.15) is 6.04 Å². The standard InChI is InChI=1S/C22H35N3O2/c1-15(2)12-21(26)25-14-18-9-7-6-8-17(18)13-20(25)22(27)24(5)11-10-19(23)16(3)4/h6-9,15-16,19-20H,10-14,23H2,1-5H3. The van der Waals surface area contributed by atoms with E-state index in [0.29, 0.717) is 31.8 Å². The first-order valence-corrected chi connectivity index (χ1v) is 10.1. The number of hydrogen-bond donors (Lipinski definition) is 1. The van der Waals surface area contributed by atoms with Crippen LogP contribution in [0.4, 0.5) is 0 Å². The lowest BCUT2D eigenvalue weighted by Crippen LogP contribution is -2.53. The summed E-state index contributed by atoms with van der Waals surface area (Å²) in [5, 5.41) is 0. The van der Waals surface area contributed by atoms with Gasteiger partial charge in [0, 0.05) is 39.0 Å². The molecule has 2 amide bonds. The van der Waals surface area contributed by atoms with Crippen molar-refractivity contribution in [3.8, 4) is 0 Å². The Morgan fingerprint density at radius 3 is 2.41 bits per heavy atom. The van der Waals surface area contributed by atoms with Crippen molar-refractivity contribution in [2.45, 2.75) is 65.6 Å². The average Bonchev–Trinajstić information content (AvgIpc) is 2.63. The molecular weight excluding hydrogens is 338 g/mol. The molecule has 1 heterocycles. The molecule has 27 heavy (non-hydrogen) atoms. The predicted molar refractivity (Wildman–Crippen MR) is 109 cm³/mol. The number of carbonyl (C=O) groups excluding carboxylic acids is 2. The molecule has 5 heteroatoms. The van der Waals surface area contributed by atoms with E-state index in [9.17, 15) is 9.59 Å². The smallest absolute Gasteiger partial charge is 0.245 e. The van der Waals surface area contributed by atoms with Crippen LogP contribution in [0.2, 0.25) is 0 Å². The summed E-state index contributed by atoms with van der Waals surface area (Å²) in [6.07, 6.45) is 1.82. The normalized spacial score (nSPS) is 17.8. The van der Waals surface area contributed by atoms with Crippen molar-refractivity contribution in [3.63, 3.8) is 0 Å². The fourth-order valence-electron chi connectivity index (χ4n) is 3.51. The number of rotatable bonds is 7. The second-order valence-electron chi connectivity index (χ2n) is 8.56. The highest BCUT2D eigenvalue weighted by atomic mass is 16.2. The minimum absolute atomic E-state index is 0.0116. The SMILES string of the molecule is CC(C)CC(=O)N1Cc2ccccc2CC1C(=O)N(C)CCC(N)C(C)C. The van der Waals surface area contributed by atoms with Crippen LogP contribution in [-0.2, 0) is 22.6 Å².